The highest BCUT2D eigenvalue weighted by Gasteiger charge is 2.53. The molecule has 19 heavy (non-hydrogen) atoms. The topological polar surface area (TPSA) is 35.9 Å². The molecule has 0 saturated carbocycles. The Balaban J connectivity index is 2.06. The summed E-state index contributed by atoms with van der Waals surface area (Å²) in [5.41, 5.74) is -0.698. The molecule has 4 nitrogen and oxygen atoms in total. The van der Waals surface area contributed by atoms with Gasteiger partial charge in [0, 0.05) is 38.1 Å². The van der Waals surface area contributed by atoms with Gasteiger partial charge >= 0.3 is 0 Å². The van der Waals surface area contributed by atoms with E-state index >= 15 is 0 Å². The Morgan fingerprint density at radius 3 is 2.26 bits per heavy atom. The van der Waals surface area contributed by atoms with Crippen LogP contribution in [0.5, 0.6) is 0 Å². The van der Waals surface area contributed by atoms with E-state index < -0.39 is 11.7 Å². The van der Waals surface area contributed by atoms with Crippen molar-refractivity contribution in [1.29, 1.82) is 0 Å². The lowest BCUT2D eigenvalue weighted by molar-refractivity contribution is -0.0917. The molecule has 0 spiro atoms. The van der Waals surface area contributed by atoms with Crippen molar-refractivity contribution >= 4 is 0 Å². The van der Waals surface area contributed by atoms with Gasteiger partial charge in [-0.25, -0.2) is 0 Å². The molecule has 2 heterocycles. The lowest BCUT2D eigenvalue weighted by atomic mass is 9.84. The van der Waals surface area contributed by atoms with Crippen LogP contribution < -0.4 is 0 Å². The van der Waals surface area contributed by atoms with E-state index in [2.05, 4.69) is 37.6 Å². The first-order valence-electron chi connectivity index (χ1n) is 7.44. The highest BCUT2D eigenvalue weighted by molar-refractivity contribution is 5.03. The molecular formula is C15H30N2O2. The van der Waals surface area contributed by atoms with Gasteiger partial charge in [-0.05, 0) is 41.7 Å². The van der Waals surface area contributed by atoms with Crippen LogP contribution in [0.3, 0.4) is 0 Å². The summed E-state index contributed by atoms with van der Waals surface area (Å²) in [6.45, 7) is 14.7. The molecule has 0 aliphatic carbocycles. The van der Waals surface area contributed by atoms with E-state index in [1.54, 1.807) is 0 Å². The summed E-state index contributed by atoms with van der Waals surface area (Å²) in [5, 5.41) is 10.6. The maximum absolute atomic E-state index is 10.6. The number of piperazine rings is 1. The zero-order chi connectivity index (χ0) is 14.4. The molecule has 0 aromatic heterocycles. The monoisotopic (exact) mass is 270 g/mol. The maximum Gasteiger partial charge on any atom is 0.0896 e. The second-order valence-corrected chi connectivity index (χ2v) is 7.47. The van der Waals surface area contributed by atoms with E-state index in [0.717, 1.165) is 26.2 Å². The second-order valence-electron chi connectivity index (χ2n) is 7.47. The predicted molar refractivity (Wildman–Crippen MR) is 77.3 cm³/mol. The molecule has 1 N–H and O–H groups in total. The normalized spacial score (nSPS) is 39.6. The minimum absolute atomic E-state index is 0.174. The minimum atomic E-state index is -0.440. The molecule has 0 bridgehead atoms. The Kier molecular flexibility index (Phi) is 4.00. The van der Waals surface area contributed by atoms with E-state index in [-0.39, 0.29) is 11.5 Å². The number of hydrogen-bond donors (Lipinski definition) is 1. The summed E-state index contributed by atoms with van der Waals surface area (Å²) in [4.78, 5) is 4.87. The van der Waals surface area contributed by atoms with Crippen LogP contribution in [-0.2, 0) is 4.74 Å². The van der Waals surface area contributed by atoms with Gasteiger partial charge in [-0.3, -0.25) is 4.90 Å². The Labute approximate surface area is 117 Å². The molecule has 3 unspecified atom stereocenters. The molecular weight excluding hydrogens is 240 g/mol. The molecule has 2 aliphatic heterocycles. The summed E-state index contributed by atoms with van der Waals surface area (Å²) < 4.78 is 6.07. The molecule has 3 atom stereocenters. The van der Waals surface area contributed by atoms with Gasteiger partial charge in [0.2, 0.25) is 0 Å². The molecule has 4 heteroatoms. The summed E-state index contributed by atoms with van der Waals surface area (Å²) in [5.74, 6) is 0.174. The highest BCUT2D eigenvalue weighted by Crippen LogP contribution is 2.42. The summed E-state index contributed by atoms with van der Waals surface area (Å²) >= 11 is 0. The van der Waals surface area contributed by atoms with Crippen molar-refractivity contribution in [1.82, 2.24) is 9.80 Å². The molecule has 2 rings (SSSR count). The van der Waals surface area contributed by atoms with Crippen LogP contribution in [0.25, 0.3) is 0 Å². The first-order chi connectivity index (χ1) is 8.63. The average molecular weight is 270 g/mol. The summed E-state index contributed by atoms with van der Waals surface area (Å²) in [6.07, 6.45) is -0.394. The largest absolute Gasteiger partial charge is 0.390 e. The van der Waals surface area contributed by atoms with Crippen molar-refractivity contribution in [2.24, 2.45) is 5.92 Å². The Morgan fingerprint density at radius 2 is 1.79 bits per heavy atom. The van der Waals surface area contributed by atoms with Crippen molar-refractivity contribution < 1.29 is 9.84 Å². The summed E-state index contributed by atoms with van der Waals surface area (Å²) in [7, 11) is 2.18. The van der Waals surface area contributed by atoms with Gasteiger partial charge in [0.25, 0.3) is 0 Å². The van der Waals surface area contributed by atoms with Crippen molar-refractivity contribution in [2.45, 2.75) is 58.0 Å². The van der Waals surface area contributed by atoms with Crippen LogP contribution in [0, 0.1) is 5.92 Å². The van der Waals surface area contributed by atoms with Gasteiger partial charge < -0.3 is 14.7 Å². The fourth-order valence-corrected chi connectivity index (χ4v) is 3.70. The van der Waals surface area contributed by atoms with Crippen LogP contribution in [0.15, 0.2) is 0 Å². The fourth-order valence-electron chi connectivity index (χ4n) is 3.70. The molecule has 2 saturated heterocycles. The van der Waals surface area contributed by atoms with E-state index in [9.17, 15) is 5.11 Å². The SMILES string of the molecule is CC1CN(C)CCN1CC1C(O)C(C)(C)OC1(C)C. The van der Waals surface area contributed by atoms with Crippen molar-refractivity contribution in [3.8, 4) is 0 Å². The van der Waals surface area contributed by atoms with Gasteiger partial charge in [0.15, 0.2) is 0 Å². The third-order valence-electron chi connectivity index (χ3n) is 4.91. The lowest BCUT2D eigenvalue weighted by Gasteiger charge is -2.41. The number of aliphatic hydroxyl groups excluding tert-OH is 1. The standard InChI is InChI=1S/C15H30N2O2/c1-11-9-16(6)7-8-17(11)10-12-13(18)15(4,5)19-14(12,2)3/h11-13,18H,7-10H2,1-6H3. The molecule has 0 amide bonds. The van der Waals surface area contributed by atoms with E-state index in [1.165, 1.54) is 0 Å². The minimum Gasteiger partial charge on any atom is -0.390 e. The maximum atomic E-state index is 10.6. The van der Waals surface area contributed by atoms with Crippen LogP contribution >= 0.6 is 0 Å². The van der Waals surface area contributed by atoms with Crippen LogP contribution in [-0.4, -0.2) is 71.5 Å². The van der Waals surface area contributed by atoms with E-state index in [0.29, 0.717) is 6.04 Å². The van der Waals surface area contributed by atoms with Gasteiger partial charge in [-0.15, -0.1) is 0 Å². The van der Waals surface area contributed by atoms with Gasteiger partial charge in [-0.1, -0.05) is 0 Å². The molecule has 2 aliphatic rings. The number of aliphatic hydroxyl groups is 1. The van der Waals surface area contributed by atoms with Crippen LogP contribution in [0.1, 0.15) is 34.6 Å². The van der Waals surface area contributed by atoms with E-state index in [1.807, 2.05) is 13.8 Å². The Bertz CT molecular complexity index is 330. The van der Waals surface area contributed by atoms with Crippen molar-refractivity contribution in [3.63, 3.8) is 0 Å². The quantitative estimate of drug-likeness (QED) is 0.817. The summed E-state index contributed by atoms with van der Waals surface area (Å²) in [6, 6.07) is 0.547. The molecule has 0 radical (unpaired) electrons. The predicted octanol–water partition coefficient (Wildman–Crippen LogP) is 1.19. The second kappa shape index (κ2) is 4.99. The third-order valence-corrected chi connectivity index (χ3v) is 4.91. The third kappa shape index (κ3) is 2.97. The Morgan fingerprint density at radius 1 is 1.16 bits per heavy atom. The molecule has 0 aromatic rings. The van der Waals surface area contributed by atoms with Crippen LogP contribution in [0.4, 0.5) is 0 Å². The number of hydrogen-bond acceptors (Lipinski definition) is 4. The smallest absolute Gasteiger partial charge is 0.0896 e. The molecule has 112 valence electrons. The molecule has 0 aromatic carbocycles. The van der Waals surface area contributed by atoms with Gasteiger partial charge in [0.1, 0.15) is 0 Å². The first kappa shape index (κ1) is 15.2. The average Bonchev–Trinajstić information content (AvgIpc) is 2.39. The number of ether oxygens (including phenoxy) is 1. The zero-order valence-electron chi connectivity index (χ0n) is 13.3. The van der Waals surface area contributed by atoms with Gasteiger partial charge in [-0.2, -0.15) is 0 Å². The number of rotatable bonds is 2. The van der Waals surface area contributed by atoms with E-state index in [4.69, 9.17) is 4.74 Å². The highest BCUT2D eigenvalue weighted by atomic mass is 16.5. The first-order valence-corrected chi connectivity index (χ1v) is 7.44. The lowest BCUT2D eigenvalue weighted by Crippen LogP contribution is -2.54. The Hall–Kier alpha value is -0.160. The number of nitrogens with zero attached hydrogens (tertiary/aromatic N) is 2. The van der Waals surface area contributed by atoms with Crippen molar-refractivity contribution in [2.75, 3.05) is 33.2 Å². The fraction of sp³-hybridized carbons (Fsp3) is 1.00. The van der Waals surface area contributed by atoms with Crippen molar-refractivity contribution in [3.05, 3.63) is 0 Å². The van der Waals surface area contributed by atoms with Gasteiger partial charge in [0.05, 0.1) is 17.3 Å². The zero-order valence-corrected chi connectivity index (χ0v) is 13.3. The number of likely N-dealkylation sites (N-methyl/N-ethyl adjacent to an activating group) is 1. The molecule has 2 fully saturated rings. The van der Waals surface area contributed by atoms with Crippen LogP contribution in [0.2, 0.25) is 0 Å².